The molecule has 1 rings (SSSR count). The van der Waals surface area contributed by atoms with Crippen molar-refractivity contribution in [1.29, 1.82) is 0 Å². The maximum Gasteiger partial charge on any atom is 0.326 e. The van der Waals surface area contributed by atoms with Gasteiger partial charge in [0.2, 0.25) is 0 Å². The second-order valence-corrected chi connectivity index (χ2v) is 3.78. The van der Waals surface area contributed by atoms with Gasteiger partial charge in [0.05, 0.1) is 0 Å². The Morgan fingerprint density at radius 2 is 2.27 bits per heavy atom. The number of urea groups is 1. The van der Waals surface area contributed by atoms with E-state index in [1.54, 1.807) is 0 Å². The van der Waals surface area contributed by atoms with Crippen LogP contribution in [0.3, 0.4) is 0 Å². The quantitative estimate of drug-likeness (QED) is 0.687. The summed E-state index contributed by atoms with van der Waals surface area (Å²) in [6.45, 7) is 3.22. The summed E-state index contributed by atoms with van der Waals surface area (Å²) in [7, 11) is 0. The molecule has 1 aliphatic heterocycles. The van der Waals surface area contributed by atoms with E-state index in [1.807, 2.05) is 6.92 Å². The Kier molecular flexibility index (Phi) is 4.39. The second-order valence-electron chi connectivity index (χ2n) is 3.78. The van der Waals surface area contributed by atoms with E-state index in [0.29, 0.717) is 19.5 Å². The van der Waals surface area contributed by atoms with E-state index in [1.165, 1.54) is 4.90 Å². The van der Waals surface area contributed by atoms with Crippen molar-refractivity contribution in [2.45, 2.75) is 38.6 Å². The third kappa shape index (κ3) is 3.11. The molecule has 1 atom stereocenters. The maximum absolute atomic E-state index is 11.6. The number of carboxylic acid groups (broad SMARTS) is 1. The van der Waals surface area contributed by atoms with Crippen LogP contribution in [0.4, 0.5) is 4.79 Å². The lowest BCUT2D eigenvalue weighted by Gasteiger charge is -2.21. The number of nitrogens with zero attached hydrogens (tertiary/aromatic N) is 1. The molecule has 2 amide bonds. The van der Waals surface area contributed by atoms with Gasteiger partial charge in [-0.3, -0.25) is 0 Å². The molecular weight excluding hydrogens is 196 g/mol. The van der Waals surface area contributed by atoms with Gasteiger partial charge in [-0.25, -0.2) is 9.59 Å². The Morgan fingerprint density at radius 1 is 1.53 bits per heavy atom. The monoisotopic (exact) mass is 214 g/mol. The average molecular weight is 214 g/mol. The van der Waals surface area contributed by atoms with Crippen LogP contribution in [0.5, 0.6) is 0 Å². The lowest BCUT2D eigenvalue weighted by atomic mass is 10.2. The second kappa shape index (κ2) is 5.58. The van der Waals surface area contributed by atoms with Crippen LogP contribution in [-0.4, -0.2) is 41.1 Å². The summed E-state index contributed by atoms with van der Waals surface area (Å²) in [6, 6.07) is -0.875. The van der Waals surface area contributed by atoms with Crippen LogP contribution in [0.25, 0.3) is 0 Å². The number of unbranched alkanes of at least 4 members (excludes halogenated alkanes) is 1. The first kappa shape index (κ1) is 11.8. The van der Waals surface area contributed by atoms with Gasteiger partial charge in [0.15, 0.2) is 0 Å². The number of amides is 2. The minimum absolute atomic E-state index is 0.242. The Labute approximate surface area is 89.4 Å². The zero-order chi connectivity index (χ0) is 11.3. The maximum atomic E-state index is 11.6. The number of carbonyl (C=O) groups is 2. The minimum Gasteiger partial charge on any atom is -0.480 e. The van der Waals surface area contributed by atoms with E-state index >= 15 is 0 Å². The molecule has 0 aromatic carbocycles. The van der Waals surface area contributed by atoms with Gasteiger partial charge in [-0.2, -0.15) is 0 Å². The van der Waals surface area contributed by atoms with Crippen LogP contribution in [-0.2, 0) is 4.79 Å². The molecule has 0 aromatic heterocycles. The lowest BCUT2D eigenvalue weighted by molar-refractivity contribution is -0.141. The number of aliphatic carboxylic acids is 1. The largest absolute Gasteiger partial charge is 0.480 e. The van der Waals surface area contributed by atoms with Crippen molar-refractivity contribution in [1.82, 2.24) is 10.2 Å². The highest BCUT2D eigenvalue weighted by Crippen LogP contribution is 2.17. The van der Waals surface area contributed by atoms with Gasteiger partial charge in [0.1, 0.15) is 6.04 Å². The van der Waals surface area contributed by atoms with E-state index in [-0.39, 0.29) is 6.03 Å². The number of rotatable bonds is 4. The van der Waals surface area contributed by atoms with Crippen molar-refractivity contribution in [3.8, 4) is 0 Å². The fourth-order valence-corrected chi connectivity index (χ4v) is 1.74. The number of carbonyl (C=O) groups excluding carboxylic acids is 1. The van der Waals surface area contributed by atoms with Gasteiger partial charge < -0.3 is 15.3 Å². The molecule has 1 heterocycles. The fourth-order valence-electron chi connectivity index (χ4n) is 1.74. The predicted octanol–water partition coefficient (Wildman–Crippen LogP) is 1.05. The topological polar surface area (TPSA) is 69.6 Å². The zero-order valence-electron chi connectivity index (χ0n) is 9.03. The highest BCUT2D eigenvalue weighted by atomic mass is 16.4. The Balaban J connectivity index is 2.40. The Morgan fingerprint density at radius 3 is 2.87 bits per heavy atom. The molecule has 0 aliphatic carbocycles. The summed E-state index contributed by atoms with van der Waals surface area (Å²) in [5.74, 6) is -0.904. The third-order valence-electron chi connectivity index (χ3n) is 2.61. The van der Waals surface area contributed by atoms with E-state index in [4.69, 9.17) is 5.11 Å². The van der Waals surface area contributed by atoms with Crippen LogP contribution >= 0.6 is 0 Å². The number of carboxylic acids is 1. The predicted molar refractivity (Wildman–Crippen MR) is 55.7 cm³/mol. The highest BCUT2D eigenvalue weighted by molar-refractivity contribution is 5.83. The van der Waals surface area contributed by atoms with Crippen molar-refractivity contribution in [3.05, 3.63) is 0 Å². The standard InChI is InChI=1S/C10H18N2O3/c1-2-3-6-11-10(15)12-7-4-5-8(12)9(13)14/h8H,2-7H2,1H3,(H,11,15)(H,13,14)/t8-/m0/s1. The van der Waals surface area contributed by atoms with Crippen LogP contribution in [0.1, 0.15) is 32.6 Å². The first-order valence-electron chi connectivity index (χ1n) is 5.44. The lowest BCUT2D eigenvalue weighted by Crippen LogP contribution is -2.46. The number of hydrogen-bond acceptors (Lipinski definition) is 2. The summed E-state index contributed by atoms with van der Waals surface area (Å²) < 4.78 is 0. The van der Waals surface area contributed by atoms with E-state index < -0.39 is 12.0 Å². The van der Waals surface area contributed by atoms with Gasteiger partial charge in [-0.15, -0.1) is 0 Å². The molecule has 15 heavy (non-hydrogen) atoms. The van der Waals surface area contributed by atoms with Crippen LogP contribution in [0.15, 0.2) is 0 Å². The zero-order valence-corrected chi connectivity index (χ0v) is 9.03. The first-order valence-corrected chi connectivity index (χ1v) is 5.44. The molecule has 1 fully saturated rings. The molecule has 2 N–H and O–H groups in total. The summed E-state index contributed by atoms with van der Waals surface area (Å²) in [6.07, 6.45) is 3.29. The first-order chi connectivity index (χ1) is 7.16. The number of hydrogen-bond donors (Lipinski definition) is 2. The van der Waals surface area contributed by atoms with Gasteiger partial charge in [0.25, 0.3) is 0 Å². The Hall–Kier alpha value is -1.26. The molecule has 0 spiro atoms. The fraction of sp³-hybridized carbons (Fsp3) is 0.800. The smallest absolute Gasteiger partial charge is 0.326 e. The Bertz CT molecular complexity index is 243. The molecule has 0 radical (unpaired) electrons. The van der Waals surface area contributed by atoms with Crippen LogP contribution in [0, 0.1) is 0 Å². The molecule has 5 heteroatoms. The van der Waals surface area contributed by atoms with Gasteiger partial charge in [0, 0.05) is 13.1 Å². The molecule has 0 aromatic rings. The van der Waals surface area contributed by atoms with Crippen molar-refractivity contribution >= 4 is 12.0 Å². The SMILES string of the molecule is CCCCNC(=O)N1CCC[C@H]1C(=O)O. The molecule has 1 saturated heterocycles. The normalized spacial score (nSPS) is 20.3. The van der Waals surface area contributed by atoms with Gasteiger partial charge in [-0.1, -0.05) is 13.3 Å². The van der Waals surface area contributed by atoms with Crippen molar-refractivity contribution in [2.24, 2.45) is 0 Å². The summed E-state index contributed by atoms with van der Waals surface area (Å²) in [4.78, 5) is 23.8. The number of nitrogens with one attached hydrogen (secondary N) is 1. The molecule has 0 unspecified atom stereocenters. The summed E-state index contributed by atoms with van der Waals surface area (Å²) in [5.41, 5.74) is 0. The summed E-state index contributed by atoms with van der Waals surface area (Å²) in [5, 5.41) is 11.6. The van der Waals surface area contributed by atoms with E-state index in [0.717, 1.165) is 19.3 Å². The molecule has 5 nitrogen and oxygen atoms in total. The molecule has 86 valence electrons. The van der Waals surface area contributed by atoms with Crippen LogP contribution in [0.2, 0.25) is 0 Å². The molecular formula is C10H18N2O3. The molecule has 1 aliphatic rings. The van der Waals surface area contributed by atoms with Gasteiger partial charge in [-0.05, 0) is 19.3 Å². The van der Waals surface area contributed by atoms with Crippen molar-refractivity contribution in [2.75, 3.05) is 13.1 Å². The van der Waals surface area contributed by atoms with Gasteiger partial charge >= 0.3 is 12.0 Å². The van der Waals surface area contributed by atoms with Crippen molar-refractivity contribution < 1.29 is 14.7 Å². The van der Waals surface area contributed by atoms with E-state index in [9.17, 15) is 9.59 Å². The third-order valence-corrected chi connectivity index (χ3v) is 2.61. The van der Waals surface area contributed by atoms with Crippen LogP contribution < -0.4 is 5.32 Å². The molecule has 0 saturated carbocycles. The van der Waals surface area contributed by atoms with Crippen molar-refractivity contribution in [3.63, 3.8) is 0 Å². The highest BCUT2D eigenvalue weighted by Gasteiger charge is 2.33. The molecule has 0 bridgehead atoms. The average Bonchev–Trinajstić information content (AvgIpc) is 2.66. The number of likely N-dealkylation sites (tertiary alicyclic amines) is 1. The van der Waals surface area contributed by atoms with E-state index in [2.05, 4.69) is 5.32 Å². The minimum atomic E-state index is -0.904. The summed E-state index contributed by atoms with van der Waals surface area (Å²) >= 11 is 0.